The zero-order valence-electron chi connectivity index (χ0n) is 16.4. The van der Waals surface area contributed by atoms with Gasteiger partial charge in [-0.2, -0.15) is 0 Å². The van der Waals surface area contributed by atoms with Crippen LogP contribution in [-0.2, 0) is 16.4 Å². The van der Waals surface area contributed by atoms with Crippen molar-refractivity contribution in [3.63, 3.8) is 0 Å². The summed E-state index contributed by atoms with van der Waals surface area (Å²) in [5.41, 5.74) is 4.78. The Kier molecular flexibility index (Phi) is 6.07. The number of sulfonamides is 1. The molecule has 0 aromatic heterocycles. The standard InChI is InChI=1S/C21H29N3O2S/c1-4-15-27(25,26)22-16-21(18-9-11-19(12-10-18)23(2)3)24-14-13-17-7-5-6-8-20(17)24/h5-12,21-22H,4,13-16H2,1-3H3/t21-/m0/s1. The van der Waals surface area contributed by atoms with Gasteiger partial charge in [0.25, 0.3) is 0 Å². The lowest BCUT2D eigenvalue weighted by atomic mass is 10.0. The Morgan fingerprint density at radius 3 is 2.48 bits per heavy atom. The summed E-state index contributed by atoms with van der Waals surface area (Å²) in [7, 11) is 0.784. The molecular formula is C21H29N3O2S. The highest BCUT2D eigenvalue weighted by molar-refractivity contribution is 7.89. The predicted molar refractivity (Wildman–Crippen MR) is 113 cm³/mol. The van der Waals surface area contributed by atoms with Gasteiger partial charge in [-0.3, -0.25) is 0 Å². The first-order valence-corrected chi connectivity index (χ1v) is 11.2. The van der Waals surface area contributed by atoms with E-state index in [0.29, 0.717) is 13.0 Å². The third-order valence-electron chi connectivity index (χ3n) is 5.06. The van der Waals surface area contributed by atoms with Gasteiger partial charge in [0.1, 0.15) is 0 Å². The molecule has 1 N–H and O–H groups in total. The summed E-state index contributed by atoms with van der Waals surface area (Å²) in [5, 5.41) is 0. The van der Waals surface area contributed by atoms with Gasteiger partial charge in [-0.05, 0) is 42.2 Å². The minimum atomic E-state index is -3.25. The molecule has 0 spiro atoms. The van der Waals surface area contributed by atoms with Crippen molar-refractivity contribution in [2.45, 2.75) is 25.8 Å². The van der Waals surface area contributed by atoms with Gasteiger partial charge in [0.15, 0.2) is 0 Å². The van der Waals surface area contributed by atoms with Crippen LogP contribution in [0, 0.1) is 0 Å². The molecule has 2 aromatic carbocycles. The third kappa shape index (κ3) is 4.62. The summed E-state index contributed by atoms with van der Waals surface area (Å²) in [6.45, 7) is 3.15. The third-order valence-corrected chi connectivity index (χ3v) is 6.62. The maximum atomic E-state index is 12.2. The molecule has 1 aliphatic rings. The molecule has 27 heavy (non-hydrogen) atoms. The van der Waals surface area contributed by atoms with Gasteiger partial charge in [-0.1, -0.05) is 37.3 Å². The second-order valence-electron chi connectivity index (χ2n) is 7.24. The first-order chi connectivity index (χ1) is 12.9. The molecule has 0 aliphatic carbocycles. The monoisotopic (exact) mass is 387 g/mol. The van der Waals surface area contributed by atoms with E-state index in [9.17, 15) is 8.42 Å². The van der Waals surface area contributed by atoms with E-state index in [2.05, 4.69) is 57.0 Å². The highest BCUT2D eigenvalue weighted by atomic mass is 32.2. The van der Waals surface area contributed by atoms with Crippen molar-refractivity contribution in [3.8, 4) is 0 Å². The number of anilines is 2. The average molecular weight is 388 g/mol. The van der Waals surface area contributed by atoms with E-state index in [4.69, 9.17) is 0 Å². The molecule has 0 saturated carbocycles. The molecule has 2 aromatic rings. The smallest absolute Gasteiger partial charge is 0.211 e. The quantitative estimate of drug-likeness (QED) is 0.756. The second kappa shape index (κ2) is 8.31. The van der Waals surface area contributed by atoms with Gasteiger partial charge in [-0.15, -0.1) is 0 Å². The first-order valence-electron chi connectivity index (χ1n) is 9.50. The SMILES string of the molecule is CCCS(=O)(=O)NC[C@@H](c1ccc(N(C)C)cc1)N1CCc2ccccc21. The zero-order valence-corrected chi connectivity index (χ0v) is 17.2. The summed E-state index contributed by atoms with van der Waals surface area (Å²) < 4.78 is 27.3. The van der Waals surface area contributed by atoms with Crippen LogP contribution in [0.2, 0.25) is 0 Å². The predicted octanol–water partition coefficient (Wildman–Crippen LogP) is 3.19. The van der Waals surface area contributed by atoms with Crippen LogP contribution in [0.15, 0.2) is 48.5 Å². The van der Waals surface area contributed by atoms with Gasteiger partial charge in [-0.25, -0.2) is 13.1 Å². The molecular weight excluding hydrogens is 358 g/mol. The number of fused-ring (bicyclic) bond motifs is 1. The molecule has 0 radical (unpaired) electrons. The Morgan fingerprint density at radius 2 is 1.81 bits per heavy atom. The molecule has 1 atom stereocenters. The minimum Gasteiger partial charge on any atom is -0.378 e. The Bertz CT molecular complexity index is 863. The topological polar surface area (TPSA) is 52.7 Å². The molecule has 1 heterocycles. The number of nitrogens with one attached hydrogen (secondary N) is 1. The minimum absolute atomic E-state index is 0.0310. The van der Waals surface area contributed by atoms with Crippen molar-refractivity contribution >= 4 is 21.4 Å². The van der Waals surface area contributed by atoms with E-state index in [1.54, 1.807) is 0 Å². The fourth-order valence-corrected chi connectivity index (χ4v) is 4.73. The molecule has 1 aliphatic heterocycles. The maximum absolute atomic E-state index is 12.2. The van der Waals surface area contributed by atoms with Gasteiger partial charge in [0.2, 0.25) is 10.0 Å². The van der Waals surface area contributed by atoms with Crippen LogP contribution in [0.5, 0.6) is 0 Å². The summed E-state index contributed by atoms with van der Waals surface area (Å²) >= 11 is 0. The van der Waals surface area contributed by atoms with Crippen molar-refractivity contribution in [1.82, 2.24) is 4.72 Å². The summed E-state index contributed by atoms with van der Waals surface area (Å²) in [6.07, 6.45) is 1.61. The highest BCUT2D eigenvalue weighted by Gasteiger charge is 2.28. The molecule has 5 nitrogen and oxygen atoms in total. The molecule has 0 bridgehead atoms. The van der Waals surface area contributed by atoms with E-state index in [-0.39, 0.29) is 11.8 Å². The van der Waals surface area contributed by atoms with Gasteiger partial charge in [0, 0.05) is 38.6 Å². The molecule has 6 heteroatoms. The Balaban J connectivity index is 1.90. The van der Waals surface area contributed by atoms with E-state index < -0.39 is 10.0 Å². The average Bonchev–Trinajstić information content (AvgIpc) is 3.06. The number of para-hydroxylation sites is 1. The van der Waals surface area contributed by atoms with Crippen LogP contribution in [0.25, 0.3) is 0 Å². The maximum Gasteiger partial charge on any atom is 0.211 e. The van der Waals surface area contributed by atoms with E-state index in [1.807, 2.05) is 27.1 Å². The van der Waals surface area contributed by atoms with E-state index in [0.717, 1.165) is 24.2 Å². The molecule has 0 unspecified atom stereocenters. The van der Waals surface area contributed by atoms with Crippen LogP contribution in [0.1, 0.15) is 30.5 Å². The lowest BCUT2D eigenvalue weighted by molar-refractivity contribution is 0.562. The van der Waals surface area contributed by atoms with Crippen LogP contribution >= 0.6 is 0 Å². The number of nitrogens with zero attached hydrogens (tertiary/aromatic N) is 2. The zero-order chi connectivity index (χ0) is 19.4. The molecule has 0 amide bonds. The fourth-order valence-electron chi connectivity index (χ4n) is 3.64. The van der Waals surface area contributed by atoms with Gasteiger partial charge < -0.3 is 9.80 Å². The highest BCUT2D eigenvalue weighted by Crippen LogP contribution is 2.35. The van der Waals surface area contributed by atoms with E-state index in [1.165, 1.54) is 11.3 Å². The molecule has 146 valence electrons. The van der Waals surface area contributed by atoms with E-state index >= 15 is 0 Å². The number of hydrogen-bond acceptors (Lipinski definition) is 4. The van der Waals surface area contributed by atoms with Crippen LogP contribution < -0.4 is 14.5 Å². The van der Waals surface area contributed by atoms with Gasteiger partial charge >= 0.3 is 0 Å². The van der Waals surface area contributed by atoms with Crippen molar-refractivity contribution < 1.29 is 8.42 Å². The second-order valence-corrected chi connectivity index (χ2v) is 9.17. The molecule has 0 fully saturated rings. The Morgan fingerprint density at radius 1 is 1.11 bits per heavy atom. The van der Waals surface area contributed by atoms with Crippen LogP contribution in [0.4, 0.5) is 11.4 Å². The molecule has 3 rings (SSSR count). The van der Waals surface area contributed by atoms with Gasteiger partial charge in [0.05, 0.1) is 11.8 Å². The Labute approximate surface area is 163 Å². The van der Waals surface area contributed by atoms with Crippen LogP contribution in [-0.4, -0.2) is 41.4 Å². The number of rotatable bonds is 8. The Hall–Kier alpha value is -2.05. The first kappa shape index (κ1) is 19.7. The normalized spacial score (nSPS) is 14.9. The largest absolute Gasteiger partial charge is 0.378 e. The van der Waals surface area contributed by atoms with Crippen LogP contribution in [0.3, 0.4) is 0 Å². The summed E-state index contributed by atoms with van der Waals surface area (Å²) in [4.78, 5) is 4.39. The lowest BCUT2D eigenvalue weighted by Gasteiger charge is -2.31. The number of hydrogen-bond donors (Lipinski definition) is 1. The lowest BCUT2D eigenvalue weighted by Crippen LogP contribution is -2.38. The fraction of sp³-hybridized carbons (Fsp3) is 0.429. The van der Waals surface area contributed by atoms with Crippen molar-refractivity contribution in [3.05, 3.63) is 59.7 Å². The van der Waals surface area contributed by atoms with Crippen molar-refractivity contribution in [2.75, 3.05) is 42.7 Å². The van der Waals surface area contributed by atoms with Crippen molar-refractivity contribution in [1.29, 1.82) is 0 Å². The molecule has 0 saturated heterocycles. The summed E-state index contributed by atoms with van der Waals surface area (Å²) in [6, 6.07) is 16.8. The number of benzene rings is 2. The summed E-state index contributed by atoms with van der Waals surface area (Å²) in [5.74, 6) is 0.163. The van der Waals surface area contributed by atoms with Crippen molar-refractivity contribution in [2.24, 2.45) is 0 Å².